The second-order valence-electron chi connectivity index (χ2n) is 12.9. The molecular formula is C38H37FN6O4. The van der Waals surface area contributed by atoms with Crippen LogP contribution in [0.4, 0.5) is 20.8 Å². The minimum absolute atomic E-state index is 0.123. The minimum Gasteiger partial charge on any atom is -0.444 e. The molecule has 0 saturated heterocycles. The number of alkyl carbamates (subject to hydrolysis) is 1. The average Bonchev–Trinajstić information content (AvgIpc) is 3.41. The molecule has 2 aromatic heterocycles. The number of aromatic nitrogens is 3. The number of amides is 2. The van der Waals surface area contributed by atoms with Crippen molar-refractivity contribution in [1.29, 1.82) is 0 Å². The highest BCUT2D eigenvalue weighted by molar-refractivity contribution is 6.15. The molecule has 10 nitrogen and oxygen atoms in total. The number of pyridine rings is 1. The van der Waals surface area contributed by atoms with E-state index in [1.165, 1.54) is 21.6 Å². The first-order valence-corrected chi connectivity index (χ1v) is 16.0. The van der Waals surface area contributed by atoms with Crippen molar-refractivity contribution in [3.05, 3.63) is 130 Å². The lowest BCUT2D eigenvalue weighted by Crippen LogP contribution is -2.44. The van der Waals surface area contributed by atoms with Crippen LogP contribution < -0.4 is 21.1 Å². The number of benzene rings is 3. The van der Waals surface area contributed by atoms with Gasteiger partial charge in [0.1, 0.15) is 22.8 Å². The van der Waals surface area contributed by atoms with Crippen LogP contribution in [-0.2, 0) is 24.8 Å². The second-order valence-corrected chi connectivity index (χ2v) is 12.9. The van der Waals surface area contributed by atoms with E-state index in [1.807, 2.05) is 48.5 Å². The van der Waals surface area contributed by atoms with Crippen molar-refractivity contribution in [3.63, 3.8) is 0 Å². The van der Waals surface area contributed by atoms with Crippen LogP contribution in [-0.4, -0.2) is 44.7 Å². The van der Waals surface area contributed by atoms with Crippen LogP contribution in [0.1, 0.15) is 42.3 Å². The van der Waals surface area contributed by atoms with Crippen LogP contribution in [0.3, 0.4) is 0 Å². The molecule has 0 fully saturated rings. The molecule has 3 aromatic carbocycles. The third-order valence-corrected chi connectivity index (χ3v) is 8.14. The number of carbonyl (C=O) groups excluding carboxylic acids is 2. The van der Waals surface area contributed by atoms with Gasteiger partial charge in [-0.2, -0.15) is 0 Å². The summed E-state index contributed by atoms with van der Waals surface area (Å²) in [6.45, 7) is 5.77. The molecule has 0 radical (unpaired) electrons. The average molecular weight is 661 g/mol. The Balaban J connectivity index is 1.35. The quantitative estimate of drug-likeness (QED) is 0.189. The summed E-state index contributed by atoms with van der Waals surface area (Å²) in [5.74, 6) is -0.475. The lowest BCUT2D eigenvalue weighted by atomic mass is 9.97. The largest absolute Gasteiger partial charge is 0.444 e. The number of carbonyl (C=O) groups is 2. The molecule has 5 aromatic rings. The van der Waals surface area contributed by atoms with Crippen molar-refractivity contribution in [1.82, 2.24) is 19.9 Å². The number of nitrogens with one attached hydrogen (secondary N) is 2. The van der Waals surface area contributed by atoms with Gasteiger partial charge in [-0.05, 0) is 73.7 Å². The molecule has 0 spiro atoms. The van der Waals surface area contributed by atoms with E-state index in [1.54, 1.807) is 64.5 Å². The number of ether oxygens (including phenoxy) is 1. The fourth-order valence-corrected chi connectivity index (χ4v) is 5.88. The summed E-state index contributed by atoms with van der Waals surface area (Å²) in [6, 6.07) is 24.3. The fourth-order valence-electron chi connectivity index (χ4n) is 5.88. The Kier molecular flexibility index (Phi) is 9.26. The maximum atomic E-state index is 14.3. The summed E-state index contributed by atoms with van der Waals surface area (Å²) in [5, 5.41) is 6.21. The molecular weight excluding hydrogens is 623 g/mol. The zero-order chi connectivity index (χ0) is 34.7. The number of hydrogen-bond acceptors (Lipinski definition) is 7. The molecule has 1 aliphatic rings. The molecule has 2 amide bonds. The Hall–Kier alpha value is -5.84. The topological polar surface area (TPSA) is 118 Å². The van der Waals surface area contributed by atoms with Crippen LogP contribution >= 0.6 is 0 Å². The van der Waals surface area contributed by atoms with E-state index in [2.05, 4.69) is 15.6 Å². The van der Waals surface area contributed by atoms with Crippen molar-refractivity contribution in [2.45, 2.75) is 45.4 Å². The van der Waals surface area contributed by atoms with Gasteiger partial charge in [0, 0.05) is 31.5 Å². The van der Waals surface area contributed by atoms with Crippen molar-refractivity contribution in [2.75, 3.05) is 16.8 Å². The number of rotatable bonds is 9. The summed E-state index contributed by atoms with van der Waals surface area (Å²) in [5.41, 5.74) is 3.46. The molecule has 0 aliphatic carbocycles. The van der Waals surface area contributed by atoms with Crippen molar-refractivity contribution < 1.29 is 18.7 Å². The summed E-state index contributed by atoms with van der Waals surface area (Å²) >= 11 is 0. The predicted octanol–water partition coefficient (Wildman–Crippen LogP) is 6.36. The molecule has 6 rings (SSSR count). The highest BCUT2D eigenvalue weighted by Gasteiger charge is 2.35. The number of nitrogens with zero attached hydrogens (tertiary/aromatic N) is 4. The van der Waals surface area contributed by atoms with Gasteiger partial charge in [0.2, 0.25) is 5.95 Å². The summed E-state index contributed by atoms with van der Waals surface area (Å²) in [7, 11) is 1.59. The molecule has 2 N–H and O–H groups in total. The Morgan fingerprint density at radius 2 is 1.65 bits per heavy atom. The molecule has 0 bridgehead atoms. The van der Waals surface area contributed by atoms with E-state index in [4.69, 9.17) is 9.72 Å². The Labute approximate surface area is 283 Å². The molecule has 0 unspecified atom stereocenters. The molecule has 3 heterocycles. The van der Waals surface area contributed by atoms with Crippen LogP contribution in [0.15, 0.2) is 102 Å². The minimum atomic E-state index is -0.679. The van der Waals surface area contributed by atoms with Crippen molar-refractivity contribution >= 4 is 23.6 Å². The van der Waals surface area contributed by atoms with Crippen LogP contribution in [0.2, 0.25) is 0 Å². The lowest BCUT2D eigenvalue weighted by Gasteiger charge is -2.25. The van der Waals surface area contributed by atoms with E-state index in [9.17, 15) is 18.8 Å². The summed E-state index contributed by atoms with van der Waals surface area (Å²) < 4.78 is 20.6. The van der Waals surface area contributed by atoms with Crippen molar-refractivity contribution in [2.24, 2.45) is 7.05 Å². The second kappa shape index (κ2) is 13.7. The molecule has 11 heteroatoms. The third kappa shape index (κ3) is 7.35. The highest BCUT2D eigenvalue weighted by Crippen LogP contribution is 2.37. The van der Waals surface area contributed by atoms with Gasteiger partial charge in [-0.15, -0.1) is 0 Å². The van der Waals surface area contributed by atoms with E-state index in [-0.39, 0.29) is 36.4 Å². The third-order valence-electron chi connectivity index (χ3n) is 8.14. The number of halogens is 1. The van der Waals surface area contributed by atoms with E-state index in [0.29, 0.717) is 34.4 Å². The Morgan fingerprint density at radius 1 is 0.939 bits per heavy atom. The first-order chi connectivity index (χ1) is 23.5. The standard InChI is InChI=1S/C38H37FN6O4/c1-38(2,3)49-37(48)42-29(21-24-9-6-5-7-10-24)22-41-36-43-32(26-17-19-40-20-18-26)33(35(47)44(36)4)45-23-27-11-8-12-30(31(27)34(45)46)25-13-15-28(39)16-14-25/h5-20,29H,21-23H2,1-4H3,(H,41,43)(H,42,48)/t29-/m0/s1. The van der Waals surface area contributed by atoms with Crippen LogP contribution in [0.5, 0.6) is 0 Å². The van der Waals surface area contributed by atoms with E-state index >= 15 is 0 Å². The lowest BCUT2D eigenvalue weighted by molar-refractivity contribution is 0.0506. The molecule has 1 aliphatic heterocycles. The normalized spacial score (nSPS) is 13.2. The van der Waals surface area contributed by atoms with Gasteiger partial charge in [0.25, 0.3) is 11.5 Å². The summed E-state index contributed by atoms with van der Waals surface area (Å²) in [4.78, 5) is 51.7. The van der Waals surface area contributed by atoms with Gasteiger partial charge < -0.3 is 15.4 Å². The number of anilines is 2. The maximum Gasteiger partial charge on any atom is 0.407 e. The Bertz CT molecular complexity index is 2040. The first-order valence-electron chi connectivity index (χ1n) is 16.0. The van der Waals surface area contributed by atoms with Crippen molar-refractivity contribution in [3.8, 4) is 22.4 Å². The maximum absolute atomic E-state index is 14.3. The SMILES string of the molecule is Cn1c(NC[C@H](Cc2ccccc2)NC(=O)OC(C)(C)C)nc(-c2ccncc2)c(N2Cc3cccc(-c4ccc(F)cc4)c3C2=O)c1=O. The molecule has 250 valence electrons. The fraction of sp³-hybridized carbons (Fsp3) is 0.237. The van der Waals surface area contributed by atoms with Gasteiger partial charge in [-0.3, -0.25) is 24.0 Å². The van der Waals surface area contributed by atoms with Crippen LogP contribution in [0, 0.1) is 5.82 Å². The number of fused-ring (bicyclic) bond motifs is 1. The predicted molar refractivity (Wildman–Crippen MR) is 187 cm³/mol. The van der Waals surface area contributed by atoms with Gasteiger partial charge >= 0.3 is 6.09 Å². The van der Waals surface area contributed by atoms with Gasteiger partial charge in [-0.25, -0.2) is 14.2 Å². The molecule has 49 heavy (non-hydrogen) atoms. The molecule has 0 saturated carbocycles. The zero-order valence-corrected chi connectivity index (χ0v) is 27.7. The van der Waals surface area contributed by atoms with Gasteiger partial charge in [-0.1, -0.05) is 60.7 Å². The van der Waals surface area contributed by atoms with Gasteiger partial charge in [0.15, 0.2) is 0 Å². The first kappa shape index (κ1) is 33.1. The molecule has 1 atom stereocenters. The Morgan fingerprint density at radius 3 is 2.35 bits per heavy atom. The summed E-state index contributed by atoms with van der Waals surface area (Å²) in [6.07, 6.45) is 3.13. The van der Waals surface area contributed by atoms with E-state index < -0.39 is 23.3 Å². The highest BCUT2D eigenvalue weighted by atomic mass is 19.1. The zero-order valence-electron chi connectivity index (χ0n) is 27.7. The van der Waals surface area contributed by atoms with Gasteiger partial charge in [0.05, 0.1) is 18.2 Å². The van der Waals surface area contributed by atoms with Crippen LogP contribution in [0.25, 0.3) is 22.4 Å². The smallest absolute Gasteiger partial charge is 0.407 e. The number of hydrogen-bond donors (Lipinski definition) is 2. The monoisotopic (exact) mass is 660 g/mol. The van der Waals surface area contributed by atoms with E-state index in [0.717, 1.165) is 11.1 Å².